The average molecular weight is 337 g/mol. The summed E-state index contributed by atoms with van der Waals surface area (Å²) < 4.78 is 3.87. The summed E-state index contributed by atoms with van der Waals surface area (Å²) in [4.78, 5) is 0. The Hall–Kier alpha value is -3.78. The minimum Gasteiger partial charge on any atom is -0.371 e. The minimum absolute atomic E-state index is 0.0393. The van der Waals surface area contributed by atoms with Gasteiger partial charge < -0.3 is 9.88 Å². The lowest BCUT2D eigenvalue weighted by Gasteiger charge is -2.27. The molecule has 0 saturated heterocycles. The van der Waals surface area contributed by atoms with Crippen LogP contribution in [-0.4, -0.2) is 14.3 Å². The van der Waals surface area contributed by atoms with E-state index in [0.717, 1.165) is 28.5 Å². The molecule has 124 valence electrons. The fraction of sp³-hybridized carbons (Fsp3) is 0.0476. The van der Waals surface area contributed by atoms with Crippen molar-refractivity contribution < 1.29 is 0 Å². The van der Waals surface area contributed by atoms with Crippen LogP contribution in [0.3, 0.4) is 0 Å². The van der Waals surface area contributed by atoms with Crippen LogP contribution >= 0.6 is 0 Å². The predicted octanol–water partition coefficient (Wildman–Crippen LogP) is 4.05. The molecule has 0 saturated carbocycles. The van der Waals surface area contributed by atoms with E-state index in [-0.39, 0.29) is 6.04 Å². The maximum atomic E-state index is 9.61. The number of rotatable bonds is 1. The lowest BCUT2D eigenvalue weighted by atomic mass is 10.0. The lowest BCUT2D eigenvalue weighted by molar-refractivity contribution is 0.754. The highest BCUT2D eigenvalue weighted by Gasteiger charge is 2.26. The minimum atomic E-state index is -0.0393. The van der Waals surface area contributed by atoms with Gasteiger partial charge in [-0.3, -0.25) is 0 Å². The van der Waals surface area contributed by atoms with Gasteiger partial charge in [0.2, 0.25) is 0 Å². The van der Waals surface area contributed by atoms with Crippen LogP contribution in [0.2, 0.25) is 0 Å². The molecule has 0 bridgehead atoms. The maximum absolute atomic E-state index is 9.61. The Balaban J connectivity index is 1.85. The number of aromatic nitrogens is 3. The second-order valence-electron chi connectivity index (χ2n) is 6.21. The van der Waals surface area contributed by atoms with Crippen molar-refractivity contribution in [2.45, 2.75) is 6.04 Å². The van der Waals surface area contributed by atoms with Gasteiger partial charge in [0.05, 0.1) is 29.3 Å². The quantitative estimate of drug-likeness (QED) is 0.570. The molecule has 0 spiro atoms. The highest BCUT2D eigenvalue weighted by molar-refractivity contribution is 5.66. The Morgan fingerprint density at radius 1 is 0.962 bits per heavy atom. The third-order valence-corrected chi connectivity index (χ3v) is 4.73. The number of nitriles is 1. The summed E-state index contributed by atoms with van der Waals surface area (Å²) in [6.45, 7) is 0. The van der Waals surface area contributed by atoms with E-state index in [1.54, 1.807) is 6.20 Å². The number of fused-ring (bicyclic) bond motifs is 5. The van der Waals surface area contributed by atoms with Crippen LogP contribution in [0.25, 0.3) is 11.5 Å². The van der Waals surface area contributed by atoms with Crippen molar-refractivity contribution in [2.75, 3.05) is 5.32 Å². The van der Waals surface area contributed by atoms with Crippen molar-refractivity contribution in [2.24, 2.45) is 0 Å². The molecule has 1 aliphatic heterocycles. The molecule has 0 amide bonds. The molecule has 2 aromatic carbocycles. The van der Waals surface area contributed by atoms with E-state index in [0.29, 0.717) is 5.56 Å². The molecule has 0 aliphatic carbocycles. The Labute approximate surface area is 150 Å². The summed E-state index contributed by atoms with van der Waals surface area (Å²) in [7, 11) is 0. The van der Waals surface area contributed by atoms with Crippen LogP contribution in [-0.2, 0) is 0 Å². The largest absolute Gasteiger partial charge is 0.371 e. The van der Waals surface area contributed by atoms with Gasteiger partial charge in [-0.1, -0.05) is 42.5 Å². The van der Waals surface area contributed by atoms with Gasteiger partial charge in [0, 0.05) is 6.20 Å². The smallest absolute Gasteiger partial charge is 0.158 e. The van der Waals surface area contributed by atoms with Crippen LogP contribution in [0.15, 0.2) is 79.1 Å². The molecular weight excluding hydrogens is 322 g/mol. The van der Waals surface area contributed by atoms with E-state index in [9.17, 15) is 5.26 Å². The summed E-state index contributed by atoms with van der Waals surface area (Å²) in [5, 5.41) is 17.7. The fourth-order valence-electron chi connectivity index (χ4n) is 3.56. The molecule has 26 heavy (non-hydrogen) atoms. The van der Waals surface area contributed by atoms with E-state index in [1.165, 1.54) is 0 Å². The fourth-order valence-corrected chi connectivity index (χ4v) is 3.56. The summed E-state index contributed by atoms with van der Waals surface area (Å²) in [6, 6.07) is 24.7. The van der Waals surface area contributed by atoms with Gasteiger partial charge in [-0.25, -0.2) is 4.68 Å². The van der Waals surface area contributed by atoms with E-state index in [1.807, 2.05) is 64.0 Å². The number of hydrogen-bond acceptors (Lipinski definition) is 3. The zero-order valence-electron chi connectivity index (χ0n) is 13.9. The van der Waals surface area contributed by atoms with Gasteiger partial charge in [-0.2, -0.15) is 10.4 Å². The molecule has 1 unspecified atom stereocenters. The van der Waals surface area contributed by atoms with Crippen LogP contribution in [0, 0.1) is 11.3 Å². The first-order valence-electron chi connectivity index (χ1n) is 8.43. The number of benzene rings is 2. The van der Waals surface area contributed by atoms with Crippen molar-refractivity contribution in [3.63, 3.8) is 0 Å². The molecule has 0 fully saturated rings. The highest BCUT2D eigenvalue weighted by atomic mass is 15.4. The first-order chi connectivity index (χ1) is 12.9. The van der Waals surface area contributed by atoms with Crippen LogP contribution in [0.1, 0.15) is 22.9 Å². The first kappa shape index (κ1) is 14.6. The molecule has 5 rings (SSSR count). The number of para-hydroxylation sites is 2. The summed E-state index contributed by atoms with van der Waals surface area (Å²) in [6.07, 6.45) is 3.61. The third kappa shape index (κ3) is 2.06. The van der Waals surface area contributed by atoms with Crippen molar-refractivity contribution in [3.8, 4) is 17.6 Å². The maximum Gasteiger partial charge on any atom is 0.158 e. The molecular formula is C21H15N5. The molecule has 0 radical (unpaired) electrons. The highest BCUT2D eigenvalue weighted by Crippen LogP contribution is 2.35. The normalized spacial score (nSPS) is 14.8. The van der Waals surface area contributed by atoms with Crippen LogP contribution < -0.4 is 5.32 Å². The van der Waals surface area contributed by atoms with E-state index in [2.05, 4.69) is 34.7 Å². The number of nitrogens with one attached hydrogen (secondary N) is 1. The van der Waals surface area contributed by atoms with E-state index >= 15 is 0 Å². The zero-order valence-corrected chi connectivity index (χ0v) is 13.9. The summed E-state index contributed by atoms with van der Waals surface area (Å²) >= 11 is 0. The van der Waals surface area contributed by atoms with Crippen molar-refractivity contribution >= 4 is 5.69 Å². The Morgan fingerprint density at radius 2 is 1.77 bits per heavy atom. The number of hydrogen-bond donors (Lipinski definition) is 1. The number of anilines is 1. The molecule has 1 N–H and O–H groups in total. The van der Waals surface area contributed by atoms with Gasteiger partial charge in [-0.05, 0) is 29.8 Å². The predicted molar refractivity (Wildman–Crippen MR) is 99.5 cm³/mol. The first-order valence-corrected chi connectivity index (χ1v) is 8.43. The Kier molecular flexibility index (Phi) is 3.16. The lowest BCUT2D eigenvalue weighted by Crippen LogP contribution is -2.21. The van der Waals surface area contributed by atoms with Crippen molar-refractivity contribution in [3.05, 3.63) is 95.9 Å². The van der Waals surface area contributed by atoms with Crippen molar-refractivity contribution in [1.82, 2.24) is 14.3 Å². The van der Waals surface area contributed by atoms with E-state index in [4.69, 9.17) is 0 Å². The monoisotopic (exact) mass is 337 g/mol. The summed E-state index contributed by atoms with van der Waals surface area (Å²) in [5.41, 5.74) is 4.66. The molecule has 4 aromatic rings. The van der Waals surface area contributed by atoms with Gasteiger partial charge in [0.1, 0.15) is 11.6 Å². The second kappa shape index (κ2) is 5.64. The Bertz CT molecular complexity index is 1130. The standard InChI is InChI=1S/C21H15N5/c22-13-16-14-23-26-18-10-5-4-9-17(18)24-20(15-7-2-1-3-8-15)19-11-6-12-25(19)21(16)26/h1-12,14,20,24H. The van der Waals surface area contributed by atoms with E-state index < -0.39 is 0 Å². The number of nitrogens with zero attached hydrogens (tertiary/aromatic N) is 4. The van der Waals surface area contributed by atoms with Gasteiger partial charge >= 0.3 is 0 Å². The average Bonchev–Trinajstić information content (AvgIpc) is 3.31. The Morgan fingerprint density at radius 3 is 2.62 bits per heavy atom. The molecule has 3 heterocycles. The van der Waals surface area contributed by atoms with Crippen LogP contribution in [0.4, 0.5) is 5.69 Å². The van der Waals surface area contributed by atoms with Gasteiger partial charge in [-0.15, -0.1) is 0 Å². The second-order valence-corrected chi connectivity index (χ2v) is 6.21. The molecule has 5 heteroatoms. The molecule has 1 atom stereocenters. The zero-order chi connectivity index (χ0) is 17.5. The van der Waals surface area contributed by atoms with Crippen LogP contribution in [0.5, 0.6) is 0 Å². The summed E-state index contributed by atoms with van der Waals surface area (Å²) in [5.74, 6) is 0.766. The SMILES string of the molecule is N#Cc1cnn2c1-n1cccc1C(c1ccccc1)Nc1ccccc1-2. The molecule has 2 aromatic heterocycles. The third-order valence-electron chi connectivity index (χ3n) is 4.73. The molecule has 1 aliphatic rings. The van der Waals surface area contributed by atoms with Gasteiger partial charge in [0.15, 0.2) is 5.82 Å². The molecule has 5 nitrogen and oxygen atoms in total. The van der Waals surface area contributed by atoms with Gasteiger partial charge in [0.25, 0.3) is 0 Å². The topological polar surface area (TPSA) is 58.6 Å². The van der Waals surface area contributed by atoms with Crippen molar-refractivity contribution in [1.29, 1.82) is 5.26 Å².